The summed E-state index contributed by atoms with van der Waals surface area (Å²) in [6.45, 7) is 3.47. The number of pyridine rings is 1. The van der Waals surface area contributed by atoms with Crippen molar-refractivity contribution in [3.05, 3.63) is 88.6 Å². The lowest BCUT2D eigenvalue weighted by Gasteiger charge is -2.49. The maximum absolute atomic E-state index is 14.2. The predicted molar refractivity (Wildman–Crippen MR) is 153 cm³/mol. The van der Waals surface area contributed by atoms with Gasteiger partial charge in [0.1, 0.15) is 24.0 Å². The first-order valence-corrected chi connectivity index (χ1v) is 14.3. The van der Waals surface area contributed by atoms with Crippen molar-refractivity contribution in [1.29, 1.82) is 0 Å². The van der Waals surface area contributed by atoms with Crippen molar-refractivity contribution in [3.63, 3.8) is 0 Å². The van der Waals surface area contributed by atoms with Gasteiger partial charge in [0.15, 0.2) is 0 Å². The van der Waals surface area contributed by atoms with Gasteiger partial charge in [0.05, 0.1) is 16.9 Å². The monoisotopic (exact) mass is 573 g/mol. The van der Waals surface area contributed by atoms with E-state index in [2.05, 4.69) is 15.6 Å². The molecule has 4 N–H and O–H groups in total. The number of amides is 3. The third kappa shape index (κ3) is 4.36. The number of anilines is 2. The van der Waals surface area contributed by atoms with Crippen molar-refractivity contribution >= 4 is 29.2 Å². The average molecular weight is 574 g/mol. The van der Waals surface area contributed by atoms with E-state index in [0.717, 1.165) is 22.8 Å². The van der Waals surface area contributed by atoms with E-state index in [1.807, 2.05) is 38.1 Å². The van der Waals surface area contributed by atoms with Gasteiger partial charge in [-0.3, -0.25) is 14.4 Å². The van der Waals surface area contributed by atoms with Crippen LogP contribution in [0.2, 0.25) is 0 Å². The number of piperidine rings is 1. The lowest BCUT2D eigenvalue weighted by molar-refractivity contribution is -0.155. The second-order valence-corrected chi connectivity index (χ2v) is 11.7. The number of benzene rings is 2. The predicted octanol–water partition coefficient (Wildman–Crippen LogP) is 4.39. The molecule has 8 nitrogen and oxygen atoms in total. The van der Waals surface area contributed by atoms with Crippen molar-refractivity contribution in [2.75, 3.05) is 17.2 Å². The fourth-order valence-electron chi connectivity index (χ4n) is 7.22. The van der Waals surface area contributed by atoms with E-state index >= 15 is 0 Å². The van der Waals surface area contributed by atoms with Gasteiger partial charge >= 0.3 is 0 Å². The van der Waals surface area contributed by atoms with E-state index in [4.69, 9.17) is 5.73 Å². The molecule has 3 aromatic rings. The van der Waals surface area contributed by atoms with Gasteiger partial charge in [-0.05, 0) is 79.1 Å². The zero-order valence-corrected chi connectivity index (χ0v) is 23.5. The Balaban J connectivity index is 1.25. The molecule has 3 heterocycles. The van der Waals surface area contributed by atoms with Crippen molar-refractivity contribution in [2.24, 2.45) is 11.1 Å². The largest absolute Gasteiger partial charge is 0.327 e. The number of hydrogen-bond donors (Lipinski definition) is 3. The van der Waals surface area contributed by atoms with Crippen LogP contribution in [0.5, 0.6) is 0 Å². The third-order valence-corrected chi connectivity index (χ3v) is 9.56. The molecule has 2 aromatic carbocycles. The fourth-order valence-corrected chi connectivity index (χ4v) is 7.22. The third-order valence-electron chi connectivity index (χ3n) is 9.56. The topological polar surface area (TPSA) is 117 Å². The highest BCUT2D eigenvalue weighted by molar-refractivity contribution is 6.06. The maximum atomic E-state index is 14.2. The Morgan fingerprint density at radius 3 is 2.50 bits per heavy atom. The van der Waals surface area contributed by atoms with Gasteiger partial charge in [-0.25, -0.2) is 13.8 Å². The van der Waals surface area contributed by atoms with Gasteiger partial charge in [0.2, 0.25) is 17.7 Å². The van der Waals surface area contributed by atoms with E-state index in [1.54, 1.807) is 12.3 Å². The number of halogens is 2. The first-order valence-electron chi connectivity index (χ1n) is 14.3. The summed E-state index contributed by atoms with van der Waals surface area (Å²) in [5.74, 6) is -1.77. The first kappa shape index (κ1) is 28.0. The standard InChI is InChI=1S/C32H33F2N5O3/c1-3-31(4-2)26(35)14-25(19-10-21(33)13-22(34)11-19)39(30(31)42)17-27(40)37-23-8-7-18-15-32(16-20(18)12-23)24-6-5-9-36-28(24)38-29(32)41/h5-13,25-26H,3-4,14-17,35H2,1-2H3,(H,37,40)(H,36,38,41)/t25-,26-,32+/m0/s1. The Labute approximate surface area is 242 Å². The normalized spacial score (nSPS) is 24.0. The molecule has 6 rings (SSSR count). The van der Waals surface area contributed by atoms with E-state index in [9.17, 15) is 23.2 Å². The number of carbonyl (C=O) groups is 3. The van der Waals surface area contributed by atoms with E-state index in [1.165, 1.54) is 17.0 Å². The summed E-state index contributed by atoms with van der Waals surface area (Å²) in [6, 6.07) is 11.1. The summed E-state index contributed by atoms with van der Waals surface area (Å²) in [5, 5.41) is 5.79. The molecule has 1 saturated heterocycles. The summed E-state index contributed by atoms with van der Waals surface area (Å²) >= 11 is 0. The van der Waals surface area contributed by atoms with Gasteiger partial charge in [0.25, 0.3) is 0 Å². The number of nitrogens with one attached hydrogen (secondary N) is 2. The molecule has 0 radical (unpaired) electrons. The van der Waals surface area contributed by atoms with E-state index < -0.39 is 40.5 Å². The molecule has 10 heteroatoms. The quantitative estimate of drug-likeness (QED) is 0.404. The molecular formula is C32H33F2N5O3. The minimum atomic E-state index is -0.877. The van der Waals surface area contributed by atoms with Crippen molar-refractivity contribution in [3.8, 4) is 0 Å². The molecule has 1 spiro atoms. The van der Waals surface area contributed by atoms with Gasteiger partial charge in [0, 0.05) is 29.6 Å². The number of nitrogens with two attached hydrogens (primary N) is 1. The van der Waals surface area contributed by atoms with Crippen LogP contribution >= 0.6 is 0 Å². The minimum absolute atomic E-state index is 0.0880. The Morgan fingerprint density at radius 1 is 1.07 bits per heavy atom. The fraction of sp³-hybridized carbons (Fsp3) is 0.375. The zero-order valence-electron chi connectivity index (χ0n) is 23.5. The highest BCUT2D eigenvalue weighted by Gasteiger charge is 2.52. The molecule has 0 unspecified atom stereocenters. The molecule has 3 aliphatic rings. The van der Waals surface area contributed by atoms with Crippen LogP contribution in [0.3, 0.4) is 0 Å². The Hall–Kier alpha value is -4.18. The molecular weight excluding hydrogens is 540 g/mol. The summed E-state index contributed by atoms with van der Waals surface area (Å²) in [5.41, 5.74) is 8.54. The number of rotatable bonds is 6. The number of hydrogen-bond acceptors (Lipinski definition) is 5. The van der Waals surface area contributed by atoms with Crippen LogP contribution in [0.15, 0.2) is 54.7 Å². The van der Waals surface area contributed by atoms with Gasteiger partial charge in [-0.2, -0.15) is 0 Å². The van der Waals surface area contributed by atoms with Crippen molar-refractivity contribution in [2.45, 2.75) is 63.5 Å². The summed E-state index contributed by atoms with van der Waals surface area (Å²) in [4.78, 5) is 46.1. The molecule has 42 heavy (non-hydrogen) atoms. The van der Waals surface area contributed by atoms with Crippen molar-refractivity contribution < 1.29 is 23.2 Å². The molecule has 1 fully saturated rings. The van der Waals surface area contributed by atoms with E-state index in [0.29, 0.717) is 37.2 Å². The molecule has 0 saturated carbocycles. The van der Waals surface area contributed by atoms with Crippen molar-refractivity contribution in [1.82, 2.24) is 9.88 Å². The summed E-state index contributed by atoms with van der Waals surface area (Å²) in [7, 11) is 0. The highest BCUT2D eigenvalue weighted by atomic mass is 19.1. The molecule has 218 valence electrons. The molecule has 1 aliphatic carbocycles. The Morgan fingerprint density at radius 2 is 1.79 bits per heavy atom. The molecule has 0 bridgehead atoms. The Kier molecular flexibility index (Phi) is 6.84. The second kappa shape index (κ2) is 10.3. The molecule has 3 atom stereocenters. The average Bonchev–Trinajstić information content (AvgIpc) is 3.47. The molecule has 1 aromatic heterocycles. The summed E-state index contributed by atoms with van der Waals surface area (Å²) in [6.07, 6.45) is 3.88. The van der Waals surface area contributed by atoms with Crippen LogP contribution < -0.4 is 16.4 Å². The number of fused-ring (bicyclic) bond motifs is 3. The number of carbonyl (C=O) groups excluding carboxylic acids is 3. The second-order valence-electron chi connectivity index (χ2n) is 11.7. The number of nitrogens with zero attached hydrogens (tertiary/aromatic N) is 2. The van der Waals surface area contributed by atoms with Gasteiger partial charge in [-0.15, -0.1) is 0 Å². The van der Waals surface area contributed by atoms with E-state index in [-0.39, 0.29) is 30.3 Å². The van der Waals surface area contributed by atoms with Crippen LogP contribution in [-0.2, 0) is 32.6 Å². The number of aromatic nitrogens is 1. The highest BCUT2D eigenvalue weighted by Crippen LogP contribution is 2.47. The Bertz CT molecular complexity index is 1590. The molecule has 3 amide bonds. The maximum Gasteiger partial charge on any atom is 0.244 e. The van der Waals surface area contributed by atoms with Gasteiger partial charge < -0.3 is 21.3 Å². The van der Waals surface area contributed by atoms with Crippen LogP contribution in [0.1, 0.15) is 61.4 Å². The summed E-state index contributed by atoms with van der Waals surface area (Å²) < 4.78 is 28.4. The lowest BCUT2D eigenvalue weighted by Crippen LogP contribution is -2.60. The smallest absolute Gasteiger partial charge is 0.244 e. The molecule has 2 aliphatic heterocycles. The lowest BCUT2D eigenvalue weighted by atomic mass is 9.68. The minimum Gasteiger partial charge on any atom is -0.327 e. The van der Waals surface area contributed by atoms with Crippen LogP contribution in [-0.4, -0.2) is 40.2 Å². The van der Waals surface area contributed by atoms with Crippen LogP contribution in [0.25, 0.3) is 0 Å². The van der Waals surface area contributed by atoms with Gasteiger partial charge in [-0.1, -0.05) is 26.0 Å². The zero-order chi connectivity index (χ0) is 29.8. The van der Waals surface area contributed by atoms with Crippen LogP contribution in [0.4, 0.5) is 20.3 Å². The van der Waals surface area contributed by atoms with Crippen LogP contribution in [0, 0.1) is 17.0 Å². The number of likely N-dealkylation sites (tertiary alicyclic amines) is 1. The SMILES string of the molecule is CCC1(CC)C(=O)N(CC(=O)Nc2ccc3c(c2)C[C@@]2(C3)C(=O)Nc3ncccc32)[C@H](c2cc(F)cc(F)c2)C[C@@H]1N. The first-order chi connectivity index (χ1) is 20.1.